The van der Waals surface area contributed by atoms with Gasteiger partial charge in [-0.15, -0.1) is 0 Å². The largest absolute Gasteiger partial charge is 0.411 e. The molecular formula is C19H33NO4SSi. The normalized spacial score (nSPS) is 23.5. The molecular weight excluding hydrogens is 366 g/mol. The van der Waals surface area contributed by atoms with Crippen LogP contribution in [0.25, 0.3) is 0 Å². The first kappa shape index (κ1) is 21.6. The van der Waals surface area contributed by atoms with Gasteiger partial charge in [-0.05, 0) is 51.0 Å². The summed E-state index contributed by atoms with van der Waals surface area (Å²) < 4.78 is 39.9. The summed E-state index contributed by atoms with van der Waals surface area (Å²) in [6.07, 6.45) is -0.276. The molecule has 7 heteroatoms. The number of ether oxygens (including phenoxy) is 1. The molecule has 2 rings (SSSR count). The molecule has 1 aliphatic heterocycles. The highest BCUT2D eigenvalue weighted by molar-refractivity contribution is 7.89. The number of hydrogen-bond acceptors (Lipinski definition) is 4. The van der Waals surface area contributed by atoms with Gasteiger partial charge in [0, 0.05) is 6.04 Å². The van der Waals surface area contributed by atoms with E-state index < -0.39 is 18.3 Å². The molecule has 1 aromatic rings. The number of hydrogen-bond donors (Lipinski definition) is 1. The predicted octanol–water partition coefficient (Wildman–Crippen LogP) is 3.84. The summed E-state index contributed by atoms with van der Waals surface area (Å²) in [7, 11) is -5.43. The molecule has 1 N–H and O–H groups in total. The number of rotatable bonds is 7. The van der Waals surface area contributed by atoms with Gasteiger partial charge in [0.2, 0.25) is 10.0 Å². The van der Waals surface area contributed by atoms with Crippen LogP contribution in [0.15, 0.2) is 29.2 Å². The van der Waals surface area contributed by atoms with E-state index in [1.165, 1.54) is 0 Å². The summed E-state index contributed by atoms with van der Waals surface area (Å²) in [5.41, 5.74) is 1.03. The van der Waals surface area contributed by atoms with Gasteiger partial charge in [-0.3, -0.25) is 0 Å². The molecule has 0 amide bonds. The Morgan fingerprint density at radius 2 is 1.65 bits per heavy atom. The molecule has 26 heavy (non-hydrogen) atoms. The summed E-state index contributed by atoms with van der Waals surface area (Å²) in [5.74, 6) is 0. The Morgan fingerprint density at radius 3 is 2.15 bits per heavy atom. The Bertz CT molecular complexity index is 725. The lowest BCUT2D eigenvalue weighted by atomic mass is 10.1. The van der Waals surface area contributed by atoms with Gasteiger partial charge >= 0.3 is 0 Å². The van der Waals surface area contributed by atoms with Crippen molar-refractivity contribution in [1.29, 1.82) is 0 Å². The number of epoxide rings is 1. The van der Waals surface area contributed by atoms with Crippen LogP contribution in [0.4, 0.5) is 0 Å². The lowest BCUT2D eigenvalue weighted by Gasteiger charge is -2.38. The summed E-state index contributed by atoms with van der Waals surface area (Å²) in [5, 5.41) is 0.129. The maximum atomic E-state index is 12.5. The fourth-order valence-electron chi connectivity index (χ4n) is 2.72. The van der Waals surface area contributed by atoms with Crippen LogP contribution in [0.3, 0.4) is 0 Å². The second kappa shape index (κ2) is 7.35. The summed E-state index contributed by atoms with van der Waals surface area (Å²) in [4.78, 5) is 0.276. The van der Waals surface area contributed by atoms with E-state index in [0.29, 0.717) is 0 Å². The first-order chi connectivity index (χ1) is 11.7. The molecule has 0 spiro atoms. The lowest BCUT2D eigenvalue weighted by molar-refractivity contribution is 0.158. The number of aryl methyl sites for hydroxylation is 1. The third kappa shape index (κ3) is 4.95. The van der Waals surface area contributed by atoms with Crippen LogP contribution in [0.1, 0.15) is 40.2 Å². The van der Waals surface area contributed by atoms with Gasteiger partial charge in [0.25, 0.3) is 0 Å². The summed E-state index contributed by atoms with van der Waals surface area (Å²) in [6, 6.07) is 6.53. The monoisotopic (exact) mass is 399 g/mol. The topological polar surface area (TPSA) is 67.9 Å². The van der Waals surface area contributed by atoms with Crippen molar-refractivity contribution in [3.8, 4) is 0 Å². The summed E-state index contributed by atoms with van der Waals surface area (Å²) in [6.45, 7) is 16.8. The predicted molar refractivity (Wildman–Crippen MR) is 107 cm³/mol. The minimum atomic E-state index is -3.55. The zero-order valence-electron chi connectivity index (χ0n) is 17.2. The van der Waals surface area contributed by atoms with E-state index >= 15 is 0 Å². The minimum absolute atomic E-state index is 0.0489. The molecule has 0 aromatic heterocycles. The van der Waals surface area contributed by atoms with E-state index in [2.05, 4.69) is 38.6 Å². The highest BCUT2D eigenvalue weighted by Crippen LogP contribution is 2.40. The minimum Gasteiger partial charge on any atom is -0.411 e. The smallest absolute Gasteiger partial charge is 0.240 e. The average molecular weight is 400 g/mol. The third-order valence-electron chi connectivity index (χ3n) is 5.48. The summed E-state index contributed by atoms with van der Waals surface area (Å²) >= 11 is 0. The SMILES string of the molecule is Cc1ccc(S(=O)(=O)N[C@@H](C)[C@H]2O[C@@H]2[C@H](C)O[Si](C)(C)C(C)(C)C)cc1. The maximum Gasteiger partial charge on any atom is 0.240 e. The fraction of sp³-hybridized carbons (Fsp3) is 0.684. The van der Waals surface area contributed by atoms with Gasteiger partial charge in [-0.2, -0.15) is 0 Å². The first-order valence-electron chi connectivity index (χ1n) is 9.17. The Hall–Kier alpha value is -0.733. The van der Waals surface area contributed by atoms with E-state index in [-0.39, 0.29) is 34.3 Å². The van der Waals surface area contributed by atoms with Crippen LogP contribution in [0.5, 0.6) is 0 Å². The second-order valence-electron chi connectivity index (χ2n) is 8.87. The van der Waals surface area contributed by atoms with Crippen molar-refractivity contribution in [3.05, 3.63) is 29.8 Å². The lowest BCUT2D eigenvalue weighted by Crippen LogP contribution is -2.45. The number of benzene rings is 1. The molecule has 1 heterocycles. The van der Waals surface area contributed by atoms with Gasteiger partial charge in [0.15, 0.2) is 8.32 Å². The van der Waals surface area contributed by atoms with Gasteiger partial charge in [-0.25, -0.2) is 13.1 Å². The average Bonchev–Trinajstić information content (AvgIpc) is 3.26. The zero-order chi connectivity index (χ0) is 19.9. The van der Waals surface area contributed by atoms with Crippen LogP contribution in [0.2, 0.25) is 18.1 Å². The molecule has 5 nitrogen and oxygen atoms in total. The molecule has 1 fully saturated rings. The quantitative estimate of drug-likeness (QED) is 0.559. The van der Waals surface area contributed by atoms with Crippen LogP contribution >= 0.6 is 0 Å². The molecule has 0 bridgehead atoms. The van der Waals surface area contributed by atoms with Crippen LogP contribution < -0.4 is 4.72 Å². The second-order valence-corrected chi connectivity index (χ2v) is 15.3. The highest BCUT2D eigenvalue weighted by Gasteiger charge is 2.50. The molecule has 4 atom stereocenters. The highest BCUT2D eigenvalue weighted by atomic mass is 32.2. The Labute approximate surface area is 159 Å². The number of sulfonamides is 1. The molecule has 0 aliphatic carbocycles. The maximum absolute atomic E-state index is 12.5. The number of nitrogens with one attached hydrogen (secondary N) is 1. The molecule has 0 saturated carbocycles. The molecule has 1 saturated heterocycles. The Kier molecular flexibility index (Phi) is 6.10. The van der Waals surface area contributed by atoms with Crippen molar-refractivity contribution in [3.63, 3.8) is 0 Å². The first-order valence-corrected chi connectivity index (χ1v) is 13.6. The molecule has 1 aromatic carbocycles. The van der Waals surface area contributed by atoms with Gasteiger partial charge < -0.3 is 9.16 Å². The van der Waals surface area contributed by atoms with Crippen LogP contribution in [-0.4, -0.2) is 41.1 Å². The fourth-order valence-corrected chi connectivity index (χ4v) is 5.39. The van der Waals surface area contributed by atoms with E-state index in [1.807, 2.05) is 20.8 Å². The van der Waals surface area contributed by atoms with Crippen molar-refractivity contribution in [2.45, 2.75) is 88.9 Å². The van der Waals surface area contributed by atoms with Gasteiger partial charge in [0.05, 0.1) is 11.0 Å². The van der Waals surface area contributed by atoms with E-state index in [9.17, 15) is 8.42 Å². The van der Waals surface area contributed by atoms with E-state index in [0.717, 1.165) is 5.56 Å². The van der Waals surface area contributed by atoms with Crippen molar-refractivity contribution in [2.75, 3.05) is 0 Å². The van der Waals surface area contributed by atoms with E-state index in [1.54, 1.807) is 24.3 Å². The van der Waals surface area contributed by atoms with E-state index in [4.69, 9.17) is 9.16 Å². The van der Waals surface area contributed by atoms with Gasteiger partial charge in [0.1, 0.15) is 12.2 Å². The van der Waals surface area contributed by atoms with Crippen molar-refractivity contribution in [2.24, 2.45) is 0 Å². The van der Waals surface area contributed by atoms with Gasteiger partial charge in [-0.1, -0.05) is 38.5 Å². The molecule has 0 unspecified atom stereocenters. The molecule has 148 valence electrons. The Balaban J connectivity index is 1.96. The van der Waals surface area contributed by atoms with Crippen molar-refractivity contribution >= 4 is 18.3 Å². The third-order valence-corrected chi connectivity index (χ3v) is 11.6. The zero-order valence-corrected chi connectivity index (χ0v) is 19.0. The Morgan fingerprint density at radius 1 is 1.12 bits per heavy atom. The van der Waals surface area contributed by atoms with Crippen molar-refractivity contribution in [1.82, 2.24) is 4.72 Å². The van der Waals surface area contributed by atoms with Crippen molar-refractivity contribution < 1.29 is 17.6 Å². The van der Waals surface area contributed by atoms with Crippen LogP contribution in [-0.2, 0) is 19.2 Å². The molecule has 0 radical (unpaired) electrons. The standard InChI is InChI=1S/C19H33NO4SSi/c1-13-9-11-16(12-10-13)25(21,22)20-14(2)17-18(23-17)15(3)24-26(7,8)19(4,5)6/h9-12,14-15,17-18,20H,1-8H3/t14-,15-,17+,18+/m0/s1. The van der Waals surface area contributed by atoms with Crippen LogP contribution in [0, 0.1) is 6.92 Å². The molecule has 1 aliphatic rings.